The highest BCUT2D eigenvalue weighted by Crippen LogP contribution is 2.68. The number of hydrogen-bond donors (Lipinski definition) is 8. The predicted molar refractivity (Wildman–Crippen MR) is 167 cm³/mol. The van der Waals surface area contributed by atoms with Gasteiger partial charge in [0.15, 0.2) is 12.6 Å². The van der Waals surface area contributed by atoms with Gasteiger partial charge in [-0.15, -0.1) is 0 Å². The number of aliphatic hydroxyl groups is 8. The minimum Gasteiger partial charge on any atom is -0.458 e. The molecule has 276 valence electrons. The van der Waals surface area contributed by atoms with Crippen molar-refractivity contribution in [2.45, 2.75) is 138 Å². The van der Waals surface area contributed by atoms with E-state index in [1.54, 1.807) is 6.08 Å². The fraction of sp³-hybridized carbons (Fsp3) is 0.857. The van der Waals surface area contributed by atoms with Gasteiger partial charge in [0.05, 0.1) is 24.9 Å². The van der Waals surface area contributed by atoms with Crippen LogP contribution in [0.3, 0.4) is 0 Å². The van der Waals surface area contributed by atoms with E-state index < -0.39 is 85.6 Å². The molecule has 2 saturated heterocycles. The number of ether oxygens (including phenoxy) is 5. The van der Waals surface area contributed by atoms with Gasteiger partial charge in [-0.05, 0) is 80.1 Å². The van der Waals surface area contributed by atoms with Crippen LogP contribution in [-0.2, 0) is 28.5 Å². The number of hydrogen-bond acceptors (Lipinski definition) is 14. The summed E-state index contributed by atoms with van der Waals surface area (Å²) in [6.07, 6.45) is -4.90. The van der Waals surface area contributed by atoms with Gasteiger partial charge in [-0.1, -0.05) is 19.9 Å². The predicted octanol–water partition coefficient (Wildman–Crippen LogP) is -0.827. The topological polar surface area (TPSA) is 225 Å². The molecular formula is C35H52O14. The molecule has 4 aliphatic carbocycles. The van der Waals surface area contributed by atoms with Crippen LogP contribution < -0.4 is 0 Å². The van der Waals surface area contributed by atoms with Crippen molar-refractivity contribution in [2.75, 3.05) is 19.8 Å². The second kappa shape index (κ2) is 13.2. The van der Waals surface area contributed by atoms with E-state index in [-0.39, 0.29) is 30.0 Å². The number of esters is 1. The Hall–Kier alpha value is -1.53. The Bertz CT molecular complexity index is 1320. The van der Waals surface area contributed by atoms with Gasteiger partial charge >= 0.3 is 5.97 Å². The lowest BCUT2D eigenvalue weighted by molar-refractivity contribution is -0.338. The molecule has 0 bridgehead atoms. The summed E-state index contributed by atoms with van der Waals surface area (Å²) in [5.74, 6) is 0.400. The number of rotatable bonds is 7. The van der Waals surface area contributed by atoms with Crippen LogP contribution in [-0.4, -0.2) is 140 Å². The van der Waals surface area contributed by atoms with E-state index >= 15 is 0 Å². The molecule has 0 spiro atoms. The fourth-order valence-electron chi connectivity index (χ4n) is 10.6. The SMILES string of the molecule is CC12CCC(OC3OC(COC4OC(CO)C(O)C(O)C4O)C(O)C(O)C3O)CC1CCC1C2CCC2(C)C(C3=CC(=O)OC3)=CCC12O. The molecule has 8 N–H and O–H groups in total. The van der Waals surface area contributed by atoms with Crippen molar-refractivity contribution in [3.05, 3.63) is 23.3 Å². The van der Waals surface area contributed by atoms with Crippen molar-refractivity contribution in [3.63, 3.8) is 0 Å². The average Bonchev–Trinajstić information content (AvgIpc) is 3.63. The van der Waals surface area contributed by atoms with E-state index in [4.69, 9.17) is 23.7 Å². The lowest BCUT2D eigenvalue weighted by Gasteiger charge is -2.63. The Morgan fingerprint density at radius 1 is 0.837 bits per heavy atom. The van der Waals surface area contributed by atoms with E-state index in [0.29, 0.717) is 31.1 Å². The summed E-state index contributed by atoms with van der Waals surface area (Å²) in [6, 6.07) is 0. The molecule has 0 aromatic rings. The van der Waals surface area contributed by atoms with Crippen LogP contribution in [0.5, 0.6) is 0 Å². The summed E-state index contributed by atoms with van der Waals surface area (Å²) >= 11 is 0. The van der Waals surface area contributed by atoms with Crippen LogP contribution in [0.25, 0.3) is 0 Å². The first-order valence-electron chi connectivity index (χ1n) is 17.8. The van der Waals surface area contributed by atoms with Gasteiger partial charge in [-0.25, -0.2) is 4.79 Å². The summed E-state index contributed by atoms with van der Waals surface area (Å²) in [4.78, 5) is 11.9. The maximum absolute atomic E-state index is 12.4. The minimum absolute atomic E-state index is 0.0299. The Morgan fingerprint density at radius 3 is 2.22 bits per heavy atom. The quantitative estimate of drug-likeness (QED) is 0.120. The highest BCUT2D eigenvalue weighted by atomic mass is 16.7. The zero-order chi connectivity index (χ0) is 35.0. The van der Waals surface area contributed by atoms with E-state index in [0.717, 1.165) is 43.3 Å². The Kier molecular flexibility index (Phi) is 9.62. The third kappa shape index (κ3) is 5.75. The number of cyclic esters (lactones) is 1. The first-order chi connectivity index (χ1) is 23.2. The molecule has 5 fully saturated rings. The third-order valence-electron chi connectivity index (χ3n) is 13.7. The summed E-state index contributed by atoms with van der Waals surface area (Å²) in [6.45, 7) is 3.69. The highest BCUT2D eigenvalue weighted by Gasteiger charge is 2.66. The van der Waals surface area contributed by atoms with Gasteiger partial charge in [-0.3, -0.25) is 0 Å². The zero-order valence-corrected chi connectivity index (χ0v) is 28.0. The third-order valence-corrected chi connectivity index (χ3v) is 13.7. The lowest BCUT2D eigenvalue weighted by atomic mass is 9.43. The van der Waals surface area contributed by atoms with Gasteiger partial charge in [0, 0.05) is 17.1 Å². The number of fused-ring (bicyclic) bond motifs is 5. The van der Waals surface area contributed by atoms with E-state index in [1.165, 1.54) is 0 Å². The maximum atomic E-state index is 12.4. The van der Waals surface area contributed by atoms with Crippen LogP contribution in [0.2, 0.25) is 0 Å². The molecule has 14 nitrogen and oxygen atoms in total. The molecule has 3 aliphatic heterocycles. The second-order valence-corrected chi connectivity index (χ2v) is 16.0. The lowest BCUT2D eigenvalue weighted by Crippen LogP contribution is -2.63. The molecule has 0 aromatic carbocycles. The fourth-order valence-corrected chi connectivity index (χ4v) is 10.6. The second-order valence-electron chi connectivity index (χ2n) is 16.0. The van der Waals surface area contributed by atoms with Crippen LogP contribution in [0.4, 0.5) is 0 Å². The Labute approximate surface area is 285 Å². The molecule has 3 saturated carbocycles. The van der Waals surface area contributed by atoms with Crippen LogP contribution in [0, 0.1) is 28.6 Å². The first kappa shape index (κ1) is 35.9. The zero-order valence-electron chi connectivity index (χ0n) is 28.0. The van der Waals surface area contributed by atoms with Crippen molar-refractivity contribution >= 4 is 5.97 Å². The molecular weight excluding hydrogens is 644 g/mol. The molecule has 7 aliphatic rings. The monoisotopic (exact) mass is 696 g/mol. The first-order valence-corrected chi connectivity index (χ1v) is 17.8. The number of aliphatic hydroxyl groups excluding tert-OH is 7. The van der Waals surface area contributed by atoms with Gasteiger partial charge in [0.1, 0.15) is 55.4 Å². The summed E-state index contributed by atoms with van der Waals surface area (Å²) in [5.41, 5.74) is 0.562. The van der Waals surface area contributed by atoms with Crippen molar-refractivity contribution in [3.8, 4) is 0 Å². The Morgan fingerprint density at radius 2 is 1.53 bits per heavy atom. The van der Waals surface area contributed by atoms with Crippen molar-refractivity contribution in [1.29, 1.82) is 0 Å². The van der Waals surface area contributed by atoms with Crippen LogP contribution in [0.1, 0.15) is 65.2 Å². The van der Waals surface area contributed by atoms with Crippen LogP contribution in [0.15, 0.2) is 23.3 Å². The normalized spacial score (nSPS) is 52.8. The molecule has 14 heteroatoms. The van der Waals surface area contributed by atoms with E-state index in [9.17, 15) is 45.6 Å². The molecule has 0 amide bonds. The largest absolute Gasteiger partial charge is 0.458 e. The van der Waals surface area contributed by atoms with Gasteiger partial charge in [0.25, 0.3) is 0 Å². The molecule has 0 radical (unpaired) electrons. The van der Waals surface area contributed by atoms with Crippen molar-refractivity contribution in [2.24, 2.45) is 28.6 Å². The maximum Gasteiger partial charge on any atom is 0.331 e. The summed E-state index contributed by atoms with van der Waals surface area (Å²) in [7, 11) is 0. The number of carbonyl (C=O) groups is 1. The molecule has 17 unspecified atom stereocenters. The molecule has 7 rings (SSSR count). The smallest absolute Gasteiger partial charge is 0.331 e. The molecule has 0 aromatic heterocycles. The molecule has 17 atom stereocenters. The molecule has 3 heterocycles. The number of carbonyl (C=O) groups excluding carboxylic acids is 1. The average molecular weight is 697 g/mol. The van der Waals surface area contributed by atoms with Crippen LogP contribution >= 0.6 is 0 Å². The summed E-state index contributed by atoms with van der Waals surface area (Å²) in [5, 5.41) is 84.5. The molecule has 49 heavy (non-hydrogen) atoms. The minimum atomic E-state index is -1.65. The van der Waals surface area contributed by atoms with Gasteiger partial charge < -0.3 is 64.5 Å². The van der Waals surface area contributed by atoms with Crippen molar-refractivity contribution in [1.82, 2.24) is 0 Å². The standard InChI is InChI=1S/C35H52O14/c1-33-8-5-18(47-32-30(43)28(41)26(39)23(49-32)15-46-31-29(42)27(40)25(38)22(13-36)48-31)12-17(33)3-4-21-20(33)6-9-34(2)19(7-10-35(21,34)44)16-11-24(37)45-14-16/h7,11,17-18,20-23,25-32,36,38-44H,3-6,8-10,12-15H2,1-2H3. The van der Waals surface area contributed by atoms with E-state index in [1.807, 2.05) is 0 Å². The van der Waals surface area contributed by atoms with E-state index in [2.05, 4.69) is 19.9 Å². The Balaban J connectivity index is 0.982. The van der Waals surface area contributed by atoms with Gasteiger partial charge in [0.2, 0.25) is 0 Å². The van der Waals surface area contributed by atoms with Crippen molar-refractivity contribution < 1.29 is 69.3 Å². The highest BCUT2D eigenvalue weighted by molar-refractivity contribution is 5.86. The summed E-state index contributed by atoms with van der Waals surface area (Å²) < 4.78 is 28.3. The van der Waals surface area contributed by atoms with Gasteiger partial charge in [-0.2, -0.15) is 0 Å².